The second kappa shape index (κ2) is 4.24. The van der Waals surface area contributed by atoms with E-state index in [2.05, 4.69) is 17.4 Å². The summed E-state index contributed by atoms with van der Waals surface area (Å²) in [7, 11) is 0. The zero-order valence-corrected chi connectivity index (χ0v) is 10.5. The maximum absolute atomic E-state index is 11.7. The average Bonchev–Trinajstić information content (AvgIpc) is 2.37. The molecule has 4 heteroatoms. The molecule has 0 aliphatic carbocycles. The number of thioether (sulfide) groups is 1. The van der Waals surface area contributed by atoms with Crippen LogP contribution in [0.25, 0.3) is 10.8 Å². The molecule has 2 aromatic carbocycles. The largest absolute Gasteiger partial charge is 0.324 e. The molecule has 0 fully saturated rings. The van der Waals surface area contributed by atoms with Crippen LogP contribution in [-0.4, -0.2) is 17.0 Å². The van der Waals surface area contributed by atoms with Gasteiger partial charge in [-0.3, -0.25) is 4.79 Å². The summed E-state index contributed by atoms with van der Waals surface area (Å²) in [6.45, 7) is 0. The highest BCUT2D eigenvalue weighted by Crippen LogP contribution is 2.40. The molecule has 0 saturated carbocycles. The van der Waals surface area contributed by atoms with Crippen LogP contribution >= 0.6 is 23.4 Å². The number of amides is 1. The van der Waals surface area contributed by atoms with Gasteiger partial charge in [-0.2, -0.15) is 0 Å². The van der Waals surface area contributed by atoms with E-state index >= 15 is 0 Å². The Morgan fingerprint density at radius 1 is 1.24 bits per heavy atom. The Kier molecular flexibility index (Phi) is 2.73. The van der Waals surface area contributed by atoms with Gasteiger partial charge in [-0.1, -0.05) is 30.3 Å². The summed E-state index contributed by atoms with van der Waals surface area (Å²) in [6, 6.07) is 12.1. The van der Waals surface area contributed by atoms with Crippen molar-refractivity contribution in [2.24, 2.45) is 0 Å². The van der Waals surface area contributed by atoms with E-state index in [0.29, 0.717) is 5.88 Å². The van der Waals surface area contributed by atoms with Gasteiger partial charge in [0.1, 0.15) is 5.25 Å². The maximum atomic E-state index is 11.7. The van der Waals surface area contributed by atoms with Crippen LogP contribution in [0.15, 0.2) is 41.3 Å². The molecule has 1 heterocycles. The Morgan fingerprint density at radius 3 is 2.88 bits per heavy atom. The average molecular weight is 264 g/mol. The molecular weight excluding hydrogens is 254 g/mol. The van der Waals surface area contributed by atoms with Crippen molar-refractivity contribution in [2.45, 2.75) is 10.1 Å². The van der Waals surface area contributed by atoms with Crippen molar-refractivity contribution in [3.63, 3.8) is 0 Å². The third-order valence-electron chi connectivity index (χ3n) is 2.83. The number of fused-ring (bicyclic) bond motifs is 3. The van der Waals surface area contributed by atoms with E-state index in [4.69, 9.17) is 11.6 Å². The van der Waals surface area contributed by atoms with Gasteiger partial charge in [-0.25, -0.2) is 0 Å². The lowest BCUT2D eigenvalue weighted by atomic mass is 10.1. The Hall–Kier alpha value is -1.19. The monoisotopic (exact) mass is 263 g/mol. The summed E-state index contributed by atoms with van der Waals surface area (Å²) in [5, 5.41) is 5.06. The number of alkyl halides is 1. The van der Waals surface area contributed by atoms with Crippen LogP contribution in [0, 0.1) is 0 Å². The molecule has 0 saturated heterocycles. The normalized spacial score (nSPS) is 18.9. The van der Waals surface area contributed by atoms with Gasteiger partial charge in [-0.05, 0) is 16.8 Å². The predicted molar refractivity (Wildman–Crippen MR) is 72.9 cm³/mol. The first-order valence-electron chi connectivity index (χ1n) is 5.35. The van der Waals surface area contributed by atoms with Crippen LogP contribution in [0.2, 0.25) is 0 Å². The number of nitrogens with one attached hydrogen (secondary N) is 1. The lowest BCUT2D eigenvalue weighted by Crippen LogP contribution is -2.30. The fourth-order valence-electron chi connectivity index (χ4n) is 1.98. The summed E-state index contributed by atoms with van der Waals surface area (Å²) >= 11 is 7.36. The van der Waals surface area contributed by atoms with Gasteiger partial charge in [0.15, 0.2) is 0 Å². The number of hydrogen-bond donors (Lipinski definition) is 1. The van der Waals surface area contributed by atoms with Crippen molar-refractivity contribution in [2.75, 3.05) is 11.2 Å². The molecule has 1 amide bonds. The molecule has 1 N–H and O–H groups in total. The summed E-state index contributed by atoms with van der Waals surface area (Å²) < 4.78 is 0. The second-order valence-electron chi connectivity index (χ2n) is 3.91. The lowest BCUT2D eigenvalue weighted by Gasteiger charge is -2.23. The van der Waals surface area contributed by atoms with E-state index in [0.717, 1.165) is 10.6 Å². The smallest absolute Gasteiger partial charge is 0.239 e. The maximum Gasteiger partial charge on any atom is 0.239 e. The molecule has 2 aromatic rings. The predicted octanol–water partition coefficient (Wildman–Crippen LogP) is 3.49. The fraction of sp³-hybridized carbons (Fsp3) is 0.154. The van der Waals surface area contributed by atoms with Crippen LogP contribution in [0.3, 0.4) is 0 Å². The van der Waals surface area contributed by atoms with Crippen LogP contribution < -0.4 is 5.32 Å². The van der Waals surface area contributed by atoms with Crippen molar-refractivity contribution in [1.29, 1.82) is 0 Å². The Labute approximate surface area is 108 Å². The molecule has 86 valence electrons. The molecule has 0 bridgehead atoms. The summed E-state index contributed by atoms with van der Waals surface area (Å²) in [6.07, 6.45) is 0. The van der Waals surface area contributed by atoms with Crippen molar-refractivity contribution in [3.05, 3.63) is 36.4 Å². The van der Waals surface area contributed by atoms with Gasteiger partial charge < -0.3 is 5.32 Å². The van der Waals surface area contributed by atoms with Gasteiger partial charge in [0.05, 0.1) is 5.69 Å². The molecule has 1 unspecified atom stereocenters. The fourth-order valence-corrected chi connectivity index (χ4v) is 3.38. The molecule has 3 rings (SSSR count). The Bertz CT molecular complexity index is 599. The molecule has 1 atom stereocenters. The topological polar surface area (TPSA) is 29.1 Å². The van der Waals surface area contributed by atoms with Gasteiger partial charge in [0.2, 0.25) is 5.91 Å². The van der Waals surface area contributed by atoms with Gasteiger partial charge in [0.25, 0.3) is 0 Å². The molecule has 2 nitrogen and oxygen atoms in total. The minimum Gasteiger partial charge on any atom is -0.324 e. The molecule has 17 heavy (non-hydrogen) atoms. The number of carbonyl (C=O) groups is 1. The van der Waals surface area contributed by atoms with Gasteiger partial charge in [0, 0.05) is 10.8 Å². The van der Waals surface area contributed by atoms with Crippen LogP contribution in [-0.2, 0) is 4.79 Å². The first-order chi connectivity index (χ1) is 8.29. The first-order valence-corrected chi connectivity index (χ1v) is 6.76. The van der Waals surface area contributed by atoms with Crippen molar-refractivity contribution in [1.82, 2.24) is 0 Å². The van der Waals surface area contributed by atoms with Crippen molar-refractivity contribution < 1.29 is 4.79 Å². The summed E-state index contributed by atoms with van der Waals surface area (Å²) in [5.41, 5.74) is 0.889. The first kappa shape index (κ1) is 10.9. The minimum absolute atomic E-state index is 0.00668. The van der Waals surface area contributed by atoms with Crippen LogP contribution in [0.1, 0.15) is 0 Å². The van der Waals surface area contributed by atoms with Crippen LogP contribution in [0.5, 0.6) is 0 Å². The number of carbonyl (C=O) groups excluding carboxylic acids is 1. The van der Waals surface area contributed by atoms with E-state index in [-0.39, 0.29) is 11.2 Å². The zero-order valence-electron chi connectivity index (χ0n) is 8.94. The second-order valence-corrected chi connectivity index (χ2v) is 5.44. The molecule has 1 aliphatic rings. The number of halogens is 1. The number of benzene rings is 2. The number of anilines is 1. The Morgan fingerprint density at radius 2 is 2.06 bits per heavy atom. The number of rotatable bonds is 1. The third-order valence-corrected chi connectivity index (χ3v) is 4.66. The quantitative estimate of drug-likeness (QED) is 0.798. The summed E-state index contributed by atoms with van der Waals surface area (Å²) in [4.78, 5) is 12.8. The lowest BCUT2D eigenvalue weighted by molar-refractivity contribution is -0.115. The standard InChI is InChI=1S/C13H10ClNOS/c14-7-11-13(16)15-10-6-5-8-3-1-2-4-9(8)12(10)17-11/h1-6,11H,7H2,(H,15,16). The van der Waals surface area contributed by atoms with Crippen molar-refractivity contribution in [3.8, 4) is 0 Å². The molecule has 0 aromatic heterocycles. The van der Waals surface area contributed by atoms with E-state index in [1.54, 1.807) is 11.8 Å². The van der Waals surface area contributed by atoms with Crippen molar-refractivity contribution >= 4 is 45.7 Å². The van der Waals surface area contributed by atoms with E-state index in [1.165, 1.54) is 10.8 Å². The SMILES string of the molecule is O=C1Nc2ccc3ccccc3c2SC1CCl. The Balaban J connectivity index is 2.20. The van der Waals surface area contributed by atoms with Crippen LogP contribution in [0.4, 0.5) is 5.69 Å². The number of hydrogen-bond acceptors (Lipinski definition) is 2. The zero-order chi connectivity index (χ0) is 11.8. The highest BCUT2D eigenvalue weighted by molar-refractivity contribution is 8.01. The molecule has 0 spiro atoms. The summed E-state index contributed by atoms with van der Waals surface area (Å²) in [5.74, 6) is 0.326. The molecule has 1 aliphatic heterocycles. The van der Waals surface area contributed by atoms with Gasteiger partial charge >= 0.3 is 0 Å². The minimum atomic E-state index is -0.199. The van der Waals surface area contributed by atoms with E-state index in [9.17, 15) is 4.79 Å². The molecular formula is C13H10ClNOS. The molecule has 0 radical (unpaired) electrons. The van der Waals surface area contributed by atoms with E-state index < -0.39 is 0 Å². The highest BCUT2D eigenvalue weighted by Gasteiger charge is 2.27. The highest BCUT2D eigenvalue weighted by atomic mass is 35.5. The third kappa shape index (κ3) is 1.79. The van der Waals surface area contributed by atoms with E-state index in [1.807, 2.05) is 24.3 Å². The van der Waals surface area contributed by atoms with Gasteiger partial charge in [-0.15, -0.1) is 23.4 Å².